The Morgan fingerprint density at radius 1 is 0.595 bits per heavy atom. The predicted octanol–water partition coefficient (Wildman–Crippen LogP) is 9.94. The van der Waals surface area contributed by atoms with E-state index >= 15 is 0 Å². The third-order valence-electron chi connectivity index (χ3n) is 6.75. The Hall–Kier alpha value is -4.17. The van der Waals surface area contributed by atoms with Gasteiger partial charge in [-0.25, -0.2) is 0 Å². The second-order valence-corrected chi connectivity index (χ2v) is 10.5. The van der Waals surface area contributed by atoms with Crippen molar-refractivity contribution in [3.63, 3.8) is 0 Å². The van der Waals surface area contributed by atoms with E-state index in [-0.39, 0.29) is 20.1 Å². The van der Waals surface area contributed by atoms with Gasteiger partial charge in [-0.2, -0.15) is 0 Å². The predicted molar refractivity (Wildman–Crippen MR) is 171 cm³/mol. The summed E-state index contributed by atoms with van der Waals surface area (Å²) in [7, 11) is 0. The minimum Gasteiger partial charge on any atom is -0.305 e. The van der Waals surface area contributed by atoms with Crippen LogP contribution in [0.3, 0.4) is 0 Å². The Kier molecular flexibility index (Phi) is 11.1. The van der Waals surface area contributed by atoms with E-state index in [1.54, 1.807) is 0 Å². The van der Waals surface area contributed by atoms with E-state index in [0.717, 1.165) is 34.6 Å². The zero-order valence-electron chi connectivity index (χ0n) is 24.2. The topological polar surface area (TPSA) is 25.8 Å². The molecule has 2 nitrogen and oxygen atoms in total. The van der Waals surface area contributed by atoms with E-state index < -0.39 is 0 Å². The molecule has 2 aromatic heterocycles. The van der Waals surface area contributed by atoms with E-state index in [0.29, 0.717) is 5.92 Å². The monoisotopic (exact) mass is 723 g/mol. The number of aryl methyl sites for hydroxylation is 1. The maximum absolute atomic E-state index is 4.55. The Balaban J connectivity index is 0.000000190. The van der Waals surface area contributed by atoms with Gasteiger partial charge in [0.1, 0.15) is 0 Å². The number of hydrogen-bond acceptors (Lipinski definition) is 2. The van der Waals surface area contributed by atoms with Crippen LogP contribution in [0.4, 0.5) is 0 Å². The van der Waals surface area contributed by atoms with Crippen molar-refractivity contribution in [3.8, 4) is 44.8 Å². The molecule has 0 N–H and O–H groups in total. The molecule has 6 aromatic rings. The van der Waals surface area contributed by atoms with Gasteiger partial charge in [-0.15, -0.1) is 70.8 Å². The fourth-order valence-corrected chi connectivity index (χ4v) is 4.74. The van der Waals surface area contributed by atoms with Crippen LogP contribution in [0.2, 0.25) is 0 Å². The minimum absolute atomic E-state index is 0. The first kappa shape index (κ1) is 30.8. The summed E-state index contributed by atoms with van der Waals surface area (Å²) in [5, 5.41) is 0. The van der Waals surface area contributed by atoms with Gasteiger partial charge in [-0.05, 0) is 59.5 Å². The smallest absolute Gasteiger partial charge is 0.0266 e. The molecular formula is C39H34IrN2-2. The molecule has 1 radical (unpaired) electrons. The van der Waals surface area contributed by atoms with Crippen molar-refractivity contribution in [2.45, 2.75) is 27.2 Å². The molecule has 0 atom stereocenters. The molecule has 2 heterocycles. The first-order valence-corrected chi connectivity index (χ1v) is 14.1. The summed E-state index contributed by atoms with van der Waals surface area (Å²) < 4.78 is 0. The molecule has 0 amide bonds. The number of pyridine rings is 2. The quantitative estimate of drug-likeness (QED) is 0.160. The first-order chi connectivity index (χ1) is 20.0. The summed E-state index contributed by atoms with van der Waals surface area (Å²) in [6.07, 6.45) is 2.94. The van der Waals surface area contributed by atoms with E-state index in [1.165, 1.54) is 27.8 Å². The SMILES string of the molecule is CC(C)Cc1ccc(-c2cc[c-]c(-c3ccccn3)c2)cc1.Cc1cccc(-c2[c-]ccc(-c3ccccc3)c2)n1.[Ir]. The molecule has 0 aliphatic carbocycles. The Bertz CT molecular complexity index is 1680. The summed E-state index contributed by atoms with van der Waals surface area (Å²) in [6, 6.07) is 50.2. The number of rotatable bonds is 6. The third kappa shape index (κ3) is 8.42. The van der Waals surface area contributed by atoms with Crippen molar-refractivity contribution in [2.75, 3.05) is 0 Å². The van der Waals surface area contributed by atoms with Crippen LogP contribution in [0.1, 0.15) is 25.1 Å². The largest absolute Gasteiger partial charge is 0.305 e. The van der Waals surface area contributed by atoms with Gasteiger partial charge in [-0.1, -0.05) is 92.7 Å². The van der Waals surface area contributed by atoms with Crippen LogP contribution < -0.4 is 0 Å². The zero-order chi connectivity index (χ0) is 28.4. The van der Waals surface area contributed by atoms with Crippen LogP contribution in [0, 0.1) is 25.0 Å². The molecule has 42 heavy (non-hydrogen) atoms. The summed E-state index contributed by atoms with van der Waals surface area (Å²) in [5.74, 6) is 0.688. The normalized spacial score (nSPS) is 10.4. The van der Waals surface area contributed by atoms with Gasteiger partial charge in [0.25, 0.3) is 0 Å². The molecular weight excluding hydrogens is 689 g/mol. The number of hydrogen-bond donors (Lipinski definition) is 0. The summed E-state index contributed by atoms with van der Waals surface area (Å²) in [4.78, 5) is 8.95. The molecule has 0 aliphatic rings. The molecule has 0 unspecified atom stereocenters. The van der Waals surface area contributed by atoms with Gasteiger partial charge in [0.15, 0.2) is 0 Å². The van der Waals surface area contributed by atoms with Gasteiger partial charge in [-0.3, -0.25) is 0 Å². The van der Waals surface area contributed by atoms with Crippen LogP contribution in [0.15, 0.2) is 134 Å². The summed E-state index contributed by atoms with van der Waals surface area (Å²) in [6.45, 7) is 6.50. The molecule has 0 fully saturated rings. The molecule has 0 saturated heterocycles. The molecule has 3 heteroatoms. The van der Waals surface area contributed by atoms with Gasteiger partial charge < -0.3 is 9.97 Å². The summed E-state index contributed by atoms with van der Waals surface area (Å²) in [5.41, 5.74) is 11.3. The summed E-state index contributed by atoms with van der Waals surface area (Å²) >= 11 is 0. The maximum Gasteiger partial charge on any atom is 0.0266 e. The second kappa shape index (κ2) is 15.2. The van der Waals surface area contributed by atoms with Crippen molar-refractivity contribution >= 4 is 0 Å². The Labute approximate surface area is 263 Å². The Morgan fingerprint density at radius 2 is 1.19 bits per heavy atom. The average Bonchev–Trinajstić information content (AvgIpc) is 3.02. The third-order valence-corrected chi connectivity index (χ3v) is 6.75. The van der Waals surface area contributed by atoms with Crippen LogP contribution in [0.25, 0.3) is 44.8 Å². The van der Waals surface area contributed by atoms with E-state index in [4.69, 9.17) is 0 Å². The standard InChI is InChI=1S/C21H20N.C18H14N.Ir/c1-16(2)14-17-9-11-18(12-10-17)19-6-5-7-20(15-19)21-8-3-4-13-22-21;1-14-7-5-12-18(19-14)17-11-6-10-16(13-17)15-8-3-2-4-9-15;/h3-6,8-13,15-16H,14H2,1-2H3;2-10,12-13H,1H3;/q2*-1;. The van der Waals surface area contributed by atoms with Crippen molar-refractivity contribution in [1.29, 1.82) is 0 Å². The zero-order valence-corrected chi connectivity index (χ0v) is 26.6. The molecule has 6 rings (SSSR count). The molecule has 211 valence electrons. The van der Waals surface area contributed by atoms with Gasteiger partial charge in [0.2, 0.25) is 0 Å². The van der Waals surface area contributed by atoms with Crippen LogP contribution in [-0.2, 0) is 26.5 Å². The van der Waals surface area contributed by atoms with E-state index in [9.17, 15) is 0 Å². The number of aromatic nitrogens is 2. The minimum atomic E-state index is 0. The number of benzene rings is 4. The maximum atomic E-state index is 4.55. The second-order valence-electron chi connectivity index (χ2n) is 10.5. The fourth-order valence-electron chi connectivity index (χ4n) is 4.74. The Morgan fingerprint density at radius 3 is 1.79 bits per heavy atom. The molecule has 0 saturated carbocycles. The van der Waals surface area contributed by atoms with Crippen molar-refractivity contribution in [3.05, 3.63) is 157 Å². The average molecular weight is 723 g/mol. The van der Waals surface area contributed by atoms with Gasteiger partial charge >= 0.3 is 0 Å². The van der Waals surface area contributed by atoms with Gasteiger partial charge in [0.05, 0.1) is 0 Å². The number of nitrogens with zero attached hydrogens (tertiary/aromatic N) is 2. The van der Waals surface area contributed by atoms with Crippen molar-refractivity contribution in [2.24, 2.45) is 5.92 Å². The van der Waals surface area contributed by atoms with Crippen molar-refractivity contribution < 1.29 is 20.1 Å². The van der Waals surface area contributed by atoms with Crippen LogP contribution in [0.5, 0.6) is 0 Å². The van der Waals surface area contributed by atoms with Crippen molar-refractivity contribution in [1.82, 2.24) is 9.97 Å². The van der Waals surface area contributed by atoms with E-state index in [1.807, 2.05) is 67.7 Å². The van der Waals surface area contributed by atoms with Gasteiger partial charge in [0, 0.05) is 32.0 Å². The first-order valence-electron chi connectivity index (χ1n) is 14.1. The van der Waals surface area contributed by atoms with E-state index in [2.05, 4.69) is 109 Å². The molecule has 0 bridgehead atoms. The molecule has 4 aromatic carbocycles. The molecule has 0 aliphatic heterocycles. The van der Waals surface area contributed by atoms with Crippen LogP contribution in [-0.4, -0.2) is 9.97 Å². The fraction of sp³-hybridized carbons (Fsp3) is 0.128. The van der Waals surface area contributed by atoms with Crippen LogP contribution >= 0.6 is 0 Å². The molecule has 0 spiro atoms.